The van der Waals surface area contributed by atoms with E-state index in [4.69, 9.17) is 0 Å². The summed E-state index contributed by atoms with van der Waals surface area (Å²) < 4.78 is 0. The lowest BCUT2D eigenvalue weighted by molar-refractivity contribution is -0.121. The van der Waals surface area contributed by atoms with Gasteiger partial charge in [0.25, 0.3) is 0 Å². The minimum Gasteiger partial charge on any atom is -0.355 e. The number of hydrogen-bond donors (Lipinski definition) is 2. The number of carbonyl (C=O) groups excluding carboxylic acids is 1. The Morgan fingerprint density at radius 3 is 2.83 bits per heavy atom. The second-order valence-electron chi connectivity index (χ2n) is 6.07. The fourth-order valence-corrected chi connectivity index (χ4v) is 4.09. The zero-order valence-electron chi connectivity index (χ0n) is 13.8. The van der Waals surface area contributed by atoms with E-state index >= 15 is 0 Å². The van der Waals surface area contributed by atoms with Crippen molar-refractivity contribution in [3.8, 4) is 0 Å². The molecule has 1 fully saturated rings. The number of nitrogens with one attached hydrogen (secondary N) is 2. The van der Waals surface area contributed by atoms with Crippen LogP contribution in [0.4, 0.5) is 0 Å². The third-order valence-corrected chi connectivity index (χ3v) is 5.52. The predicted molar refractivity (Wildman–Crippen MR) is 107 cm³/mol. The van der Waals surface area contributed by atoms with Gasteiger partial charge in [0, 0.05) is 56.7 Å². The van der Waals surface area contributed by atoms with Crippen LogP contribution < -0.4 is 10.6 Å². The first-order chi connectivity index (χ1) is 10.8. The second-order valence-corrected chi connectivity index (χ2v) is 7.22. The van der Waals surface area contributed by atoms with E-state index in [9.17, 15) is 4.79 Å². The standard InChI is InChI=1S/C17H25N3OS.2ClH/c21-17(11-16-13-22-10-7-18-16)19-6-9-20-8-5-14-3-1-2-4-15(14)12-20;;/h1-4,16,18H,5-13H2,(H,19,21);2*1H. The molecule has 2 aliphatic rings. The molecule has 136 valence electrons. The molecule has 0 saturated carbocycles. The van der Waals surface area contributed by atoms with Crippen molar-refractivity contribution in [3.05, 3.63) is 35.4 Å². The van der Waals surface area contributed by atoms with E-state index in [0.29, 0.717) is 12.5 Å². The highest BCUT2D eigenvalue weighted by Crippen LogP contribution is 2.17. The van der Waals surface area contributed by atoms with E-state index in [0.717, 1.165) is 50.7 Å². The summed E-state index contributed by atoms with van der Waals surface area (Å²) >= 11 is 1.93. The molecule has 1 saturated heterocycles. The van der Waals surface area contributed by atoms with Gasteiger partial charge in [-0.25, -0.2) is 0 Å². The molecule has 0 spiro atoms. The van der Waals surface area contributed by atoms with Crippen LogP contribution in [0.3, 0.4) is 0 Å². The molecule has 24 heavy (non-hydrogen) atoms. The third kappa shape index (κ3) is 6.45. The van der Waals surface area contributed by atoms with Gasteiger partial charge in [-0.1, -0.05) is 24.3 Å². The first-order valence-corrected chi connectivity index (χ1v) is 9.34. The summed E-state index contributed by atoms with van der Waals surface area (Å²) in [7, 11) is 0. The maximum Gasteiger partial charge on any atom is 0.221 e. The Hall–Kier alpha value is -0.460. The number of carbonyl (C=O) groups is 1. The monoisotopic (exact) mass is 391 g/mol. The number of amides is 1. The highest BCUT2D eigenvalue weighted by atomic mass is 35.5. The minimum atomic E-state index is 0. The molecule has 2 N–H and O–H groups in total. The van der Waals surface area contributed by atoms with E-state index in [2.05, 4.69) is 39.8 Å². The topological polar surface area (TPSA) is 44.4 Å². The summed E-state index contributed by atoms with van der Waals surface area (Å²) in [6, 6.07) is 9.02. The van der Waals surface area contributed by atoms with E-state index in [1.54, 1.807) is 0 Å². The average molecular weight is 392 g/mol. The van der Waals surface area contributed by atoms with Gasteiger partial charge in [0.15, 0.2) is 0 Å². The molecular weight excluding hydrogens is 365 g/mol. The molecule has 0 aromatic heterocycles. The molecule has 4 nitrogen and oxygen atoms in total. The van der Waals surface area contributed by atoms with Crippen LogP contribution in [0, 0.1) is 0 Å². The van der Waals surface area contributed by atoms with Gasteiger partial charge in [-0.3, -0.25) is 9.69 Å². The van der Waals surface area contributed by atoms with E-state index in [1.807, 2.05) is 11.8 Å². The number of benzene rings is 1. The number of halogens is 2. The second kappa shape index (κ2) is 11.2. The van der Waals surface area contributed by atoms with Gasteiger partial charge in [0.05, 0.1) is 0 Å². The molecule has 0 aliphatic carbocycles. The summed E-state index contributed by atoms with van der Waals surface area (Å²) in [4.78, 5) is 14.4. The van der Waals surface area contributed by atoms with Crippen molar-refractivity contribution < 1.29 is 4.79 Å². The molecule has 0 radical (unpaired) electrons. The summed E-state index contributed by atoms with van der Waals surface area (Å²) in [6.45, 7) is 4.81. The zero-order valence-corrected chi connectivity index (χ0v) is 16.3. The van der Waals surface area contributed by atoms with Crippen LogP contribution in [0.25, 0.3) is 0 Å². The van der Waals surface area contributed by atoms with Crippen LogP contribution >= 0.6 is 36.6 Å². The molecular formula is C17H27Cl2N3OS. The van der Waals surface area contributed by atoms with Crippen molar-refractivity contribution in [2.45, 2.75) is 25.4 Å². The summed E-state index contributed by atoms with van der Waals surface area (Å²) in [5.41, 5.74) is 2.91. The van der Waals surface area contributed by atoms with Gasteiger partial charge < -0.3 is 10.6 Å². The maximum atomic E-state index is 12.0. The molecule has 7 heteroatoms. The fourth-order valence-electron chi connectivity index (χ4n) is 3.15. The van der Waals surface area contributed by atoms with Crippen molar-refractivity contribution in [3.63, 3.8) is 0 Å². The fraction of sp³-hybridized carbons (Fsp3) is 0.588. The third-order valence-electron chi connectivity index (χ3n) is 4.39. The lowest BCUT2D eigenvalue weighted by Gasteiger charge is -2.28. The van der Waals surface area contributed by atoms with Crippen LogP contribution in [0.1, 0.15) is 17.5 Å². The van der Waals surface area contributed by atoms with Gasteiger partial charge in [-0.15, -0.1) is 24.8 Å². The Bertz CT molecular complexity index is 512. The zero-order chi connectivity index (χ0) is 15.2. The number of rotatable bonds is 5. The van der Waals surface area contributed by atoms with E-state index in [1.165, 1.54) is 11.1 Å². The SMILES string of the molecule is Cl.Cl.O=C(CC1CSCCN1)NCCN1CCc2ccccc2C1. The van der Waals surface area contributed by atoms with Gasteiger partial charge in [0.2, 0.25) is 5.91 Å². The first-order valence-electron chi connectivity index (χ1n) is 8.18. The summed E-state index contributed by atoms with van der Waals surface area (Å²) in [6.07, 6.45) is 1.73. The Balaban J connectivity index is 0.00000144. The first kappa shape index (κ1) is 21.6. The van der Waals surface area contributed by atoms with Crippen molar-refractivity contribution in [2.24, 2.45) is 0 Å². The summed E-state index contributed by atoms with van der Waals surface area (Å²) in [5, 5.41) is 6.48. The van der Waals surface area contributed by atoms with Gasteiger partial charge >= 0.3 is 0 Å². The predicted octanol–water partition coefficient (Wildman–Crippen LogP) is 2.10. The van der Waals surface area contributed by atoms with Gasteiger partial charge in [0.1, 0.15) is 0 Å². The molecule has 2 aliphatic heterocycles. The lowest BCUT2D eigenvalue weighted by atomic mass is 10.00. The van der Waals surface area contributed by atoms with E-state index in [-0.39, 0.29) is 30.7 Å². The molecule has 1 unspecified atom stereocenters. The quantitative estimate of drug-likeness (QED) is 0.806. The van der Waals surface area contributed by atoms with Crippen molar-refractivity contribution in [1.82, 2.24) is 15.5 Å². The Labute approximate surface area is 161 Å². The Morgan fingerprint density at radius 2 is 2.08 bits per heavy atom. The number of thioether (sulfide) groups is 1. The molecule has 1 amide bonds. The smallest absolute Gasteiger partial charge is 0.221 e. The molecule has 1 aromatic rings. The van der Waals surface area contributed by atoms with Crippen molar-refractivity contribution in [1.29, 1.82) is 0 Å². The van der Waals surface area contributed by atoms with Gasteiger partial charge in [-0.2, -0.15) is 11.8 Å². The number of hydrogen-bond acceptors (Lipinski definition) is 4. The highest BCUT2D eigenvalue weighted by molar-refractivity contribution is 7.99. The normalized spacial score (nSPS) is 20.2. The molecule has 0 bridgehead atoms. The number of fused-ring (bicyclic) bond motifs is 1. The lowest BCUT2D eigenvalue weighted by Crippen LogP contribution is -2.43. The van der Waals surface area contributed by atoms with Crippen LogP contribution in [0.2, 0.25) is 0 Å². The van der Waals surface area contributed by atoms with Gasteiger partial charge in [-0.05, 0) is 17.5 Å². The summed E-state index contributed by atoms with van der Waals surface area (Å²) in [5.74, 6) is 2.39. The minimum absolute atomic E-state index is 0. The largest absolute Gasteiger partial charge is 0.355 e. The Kier molecular flexibility index (Phi) is 10.1. The van der Waals surface area contributed by atoms with Crippen LogP contribution in [0.5, 0.6) is 0 Å². The van der Waals surface area contributed by atoms with Crippen molar-refractivity contribution >= 4 is 42.5 Å². The van der Waals surface area contributed by atoms with Crippen LogP contribution in [-0.4, -0.2) is 54.5 Å². The molecule has 2 heterocycles. The van der Waals surface area contributed by atoms with Crippen LogP contribution in [-0.2, 0) is 17.8 Å². The van der Waals surface area contributed by atoms with Crippen LogP contribution in [0.15, 0.2) is 24.3 Å². The average Bonchev–Trinajstić information content (AvgIpc) is 2.55. The molecule has 1 aromatic carbocycles. The van der Waals surface area contributed by atoms with E-state index < -0.39 is 0 Å². The Morgan fingerprint density at radius 1 is 1.29 bits per heavy atom. The number of nitrogens with zero attached hydrogens (tertiary/aromatic N) is 1. The molecule has 1 atom stereocenters. The molecule has 3 rings (SSSR count). The van der Waals surface area contributed by atoms with Crippen molar-refractivity contribution in [2.75, 3.05) is 37.7 Å². The maximum absolute atomic E-state index is 12.0. The highest BCUT2D eigenvalue weighted by Gasteiger charge is 2.18.